The highest BCUT2D eigenvalue weighted by atomic mass is 14.6. The van der Waals surface area contributed by atoms with Crippen LogP contribution in [0.25, 0.3) is 22.3 Å². The van der Waals surface area contributed by atoms with Crippen LogP contribution in [0.15, 0.2) is 73.1 Å². The quantitative estimate of drug-likeness (QED) is 0.659. The summed E-state index contributed by atoms with van der Waals surface area (Å²) in [6.07, 6.45) is 4.11. The van der Waals surface area contributed by atoms with Crippen LogP contribution in [0.4, 0.5) is 0 Å². The van der Waals surface area contributed by atoms with Crippen molar-refractivity contribution >= 4 is 0 Å². The Morgan fingerprint density at radius 1 is 0.529 bits per heavy atom. The Labute approximate surface area is 101 Å². The minimum Gasteiger partial charge on any atom is -0.366 e. The van der Waals surface area contributed by atoms with Gasteiger partial charge in [0.1, 0.15) is 0 Å². The van der Waals surface area contributed by atoms with Crippen molar-refractivity contribution in [2.24, 2.45) is 0 Å². The average Bonchev–Trinajstić information content (AvgIpc) is 2.90. The number of nitrogens with one attached hydrogen (secondary N) is 1. The van der Waals surface area contributed by atoms with Gasteiger partial charge >= 0.3 is 0 Å². The van der Waals surface area contributed by atoms with Gasteiger partial charge in [-0.3, -0.25) is 0 Å². The van der Waals surface area contributed by atoms with Gasteiger partial charge in [0, 0.05) is 23.5 Å². The standard InChI is InChI=1S/C16H13N/c1-3-7-13(8-4-1)15-11-17-12-16(15)14-9-5-2-6-10-14/h1-12,17H. The maximum Gasteiger partial charge on any atom is 0.00906 e. The molecule has 1 aromatic heterocycles. The zero-order valence-corrected chi connectivity index (χ0v) is 9.43. The molecule has 1 nitrogen and oxygen atoms in total. The highest BCUT2D eigenvalue weighted by Crippen LogP contribution is 2.31. The Hall–Kier alpha value is -2.28. The van der Waals surface area contributed by atoms with E-state index in [2.05, 4.69) is 65.9 Å². The Kier molecular flexibility index (Phi) is 2.51. The summed E-state index contributed by atoms with van der Waals surface area (Å²) in [5.41, 5.74) is 4.98. The van der Waals surface area contributed by atoms with Gasteiger partial charge in [-0.15, -0.1) is 0 Å². The third-order valence-electron chi connectivity index (χ3n) is 2.92. The van der Waals surface area contributed by atoms with Gasteiger partial charge in [-0.05, 0) is 11.1 Å². The van der Waals surface area contributed by atoms with Gasteiger partial charge in [-0.2, -0.15) is 0 Å². The highest BCUT2D eigenvalue weighted by molar-refractivity contribution is 5.82. The van der Waals surface area contributed by atoms with Gasteiger partial charge in [0.25, 0.3) is 0 Å². The van der Waals surface area contributed by atoms with Crippen molar-refractivity contribution in [3.05, 3.63) is 73.1 Å². The van der Waals surface area contributed by atoms with Crippen molar-refractivity contribution in [2.75, 3.05) is 0 Å². The molecule has 0 amide bonds. The molecule has 82 valence electrons. The van der Waals surface area contributed by atoms with E-state index in [0.717, 1.165) is 0 Å². The number of benzene rings is 2. The van der Waals surface area contributed by atoms with Crippen molar-refractivity contribution in [1.29, 1.82) is 0 Å². The molecule has 0 spiro atoms. The largest absolute Gasteiger partial charge is 0.366 e. The number of hydrogen-bond acceptors (Lipinski definition) is 0. The minimum absolute atomic E-state index is 1.24. The second kappa shape index (κ2) is 4.30. The van der Waals surface area contributed by atoms with Gasteiger partial charge < -0.3 is 4.98 Å². The van der Waals surface area contributed by atoms with Crippen molar-refractivity contribution in [3.63, 3.8) is 0 Å². The molecule has 0 aliphatic carbocycles. The molecule has 0 aliphatic heterocycles. The summed E-state index contributed by atoms with van der Waals surface area (Å²) in [6, 6.07) is 20.9. The van der Waals surface area contributed by atoms with Crippen molar-refractivity contribution in [2.45, 2.75) is 0 Å². The highest BCUT2D eigenvalue weighted by Gasteiger charge is 2.07. The van der Waals surface area contributed by atoms with E-state index in [4.69, 9.17) is 0 Å². The third kappa shape index (κ3) is 1.87. The first-order valence-corrected chi connectivity index (χ1v) is 5.73. The fraction of sp³-hybridized carbons (Fsp3) is 0. The lowest BCUT2D eigenvalue weighted by atomic mass is 9.99. The van der Waals surface area contributed by atoms with Crippen LogP contribution in [-0.4, -0.2) is 4.98 Å². The minimum atomic E-state index is 1.24. The van der Waals surface area contributed by atoms with Gasteiger partial charge in [-0.25, -0.2) is 0 Å². The van der Waals surface area contributed by atoms with Crippen LogP contribution >= 0.6 is 0 Å². The van der Waals surface area contributed by atoms with Gasteiger partial charge in [0.2, 0.25) is 0 Å². The zero-order valence-electron chi connectivity index (χ0n) is 9.43. The molecule has 0 unspecified atom stereocenters. The summed E-state index contributed by atoms with van der Waals surface area (Å²) in [4.78, 5) is 3.20. The molecular weight excluding hydrogens is 206 g/mol. The second-order valence-corrected chi connectivity index (χ2v) is 4.01. The van der Waals surface area contributed by atoms with Crippen LogP contribution < -0.4 is 0 Å². The maximum absolute atomic E-state index is 3.20. The molecular formula is C16H13N. The van der Waals surface area contributed by atoms with Crippen LogP contribution in [0.3, 0.4) is 0 Å². The SMILES string of the molecule is c1ccc(-c2c[nH]cc2-c2ccccc2)cc1. The fourth-order valence-electron chi connectivity index (χ4n) is 2.08. The van der Waals surface area contributed by atoms with Gasteiger partial charge in [0.15, 0.2) is 0 Å². The van der Waals surface area contributed by atoms with Crippen LogP contribution in [-0.2, 0) is 0 Å². The normalized spacial score (nSPS) is 10.4. The molecule has 3 aromatic rings. The summed E-state index contributed by atoms with van der Waals surface area (Å²) in [5, 5.41) is 0. The Bertz CT molecular complexity index is 540. The molecule has 0 aliphatic rings. The number of H-pyrrole nitrogens is 1. The fourth-order valence-corrected chi connectivity index (χ4v) is 2.08. The van der Waals surface area contributed by atoms with E-state index in [1.54, 1.807) is 0 Å². The molecule has 0 fully saturated rings. The molecule has 0 saturated heterocycles. The molecule has 1 heteroatoms. The number of aromatic nitrogens is 1. The summed E-state index contributed by atoms with van der Waals surface area (Å²) in [5.74, 6) is 0. The average molecular weight is 219 g/mol. The van der Waals surface area contributed by atoms with E-state index in [-0.39, 0.29) is 0 Å². The molecule has 0 bridgehead atoms. The lowest BCUT2D eigenvalue weighted by Gasteiger charge is -2.03. The van der Waals surface area contributed by atoms with Gasteiger partial charge in [-0.1, -0.05) is 60.7 Å². The first-order chi connectivity index (χ1) is 8.45. The summed E-state index contributed by atoms with van der Waals surface area (Å²) in [7, 11) is 0. The first-order valence-electron chi connectivity index (χ1n) is 5.73. The predicted octanol–water partition coefficient (Wildman–Crippen LogP) is 4.35. The Morgan fingerprint density at radius 3 is 1.35 bits per heavy atom. The summed E-state index contributed by atoms with van der Waals surface area (Å²) >= 11 is 0. The van der Waals surface area contributed by atoms with E-state index in [1.165, 1.54) is 22.3 Å². The van der Waals surface area contributed by atoms with Crippen molar-refractivity contribution in [1.82, 2.24) is 4.98 Å². The lowest BCUT2D eigenvalue weighted by molar-refractivity contribution is 1.41. The zero-order chi connectivity index (χ0) is 11.5. The predicted molar refractivity (Wildman–Crippen MR) is 71.7 cm³/mol. The second-order valence-electron chi connectivity index (χ2n) is 4.01. The summed E-state index contributed by atoms with van der Waals surface area (Å²) in [6.45, 7) is 0. The molecule has 2 aromatic carbocycles. The molecule has 17 heavy (non-hydrogen) atoms. The summed E-state index contributed by atoms with van der Waals surface area (Å²) < 4.78 is 0. The third-order valence-corrected chi connectivity index (χ3v) is 2.92. The van der Waals surface area contributed by atoms with Crippen LogP contribution in [0, 0.1) is 0 Å². The smallest absolute Gasteiger partial charge is 0.00906 e. The lowest BCUT2D eigenvalue weighted by Crippen LogP contribution is -1.78. The topological polar surface area (TPSA) is 15.8 Å². The van der Waals surface area contributed by atoms with Crippen LogP contribution in [0.2, 0.25) is 0 Å². The van der Waals surface area contributed by atoms with Gasteiger partial charge in [0.05, 0.1) is 0 Å². The van der Waals surface area contributed by atoms with E-state index < -0.39 is 0 Å². The molecule has 1 N–H and O–H groups in total. The van der Waals surface area contributed by atoms with Crippen molar-refractivity contribution < 1.29 is 0 Å². The van der Waals surface area contributed by atoms with Crippen LogP contribution in [0.5, 0.6) is 0 Å². The molecule has 0 radical (unpaired) electrons. The Morgan fingerprint density at radius 2 is 0.941 bits per heavy atom. The number of hydrogen-bond donors (Lipinski definition) is 1. The molecule has 3 rings (SSSR count). The molecule has 1 heterocycles. The van der Waals surface area contributed by atoms with E-state index in [1.807, 2.05) is 12.1 Å². The van der Waals surface area contributed by atoms with Crippen LogP contribution in [0.1, 0.15) is 0 Å². The maximum atomic E-state index is 3.20. The molecule has 0 saturated carbocycles. The monoisotopic (exact) mass is 219 g/mol. The van der Waals surface area contributed by atoms with E-state index >= 15 is 0 Å². The van der Waals surface area contributed by atoms with Crippen molar-refractivity contribution in [3.8, 4) is 22.3 Å². The Balaban J connectivity index is 2.13. The first kappa shape index (κ1) is 9.91. The molecule has 0 atom stereocenters. The number of aromatic amines is 1. The van der Waals surface area contributed by atoms with E-state index in [9.17, 15) is 0 Å². The number of rotatable bonds is 2. The van der Waals surface area contributed by atoms with E-state index in [0.29, 0.717) is 0 Å².